The Morgan fingerprint density at radius 1 is 1.19 bits per heavy atom. The molecule has 1 aliphatic heterocycles. The third-order valence-corrected chi connectivity index (χ3v) is 5.24. The van der Waals surface area contributed by atoms with E-state index in [4.69, 9.17) is 4.74 Å². The largest absolute Gasteiger partial charge is 0.456 e. The van der Waals surface area contributed by atoms with Crippen LogP contribution in [0.3, 0.4) is 0 Å². The minimum atomic E-state index is -0.0764. The van der Waals surface area contributed by atoms with Crippen molar-refractivity contribution < 1.29 is 9.53 Å². The standard InChI is InChI=1S/C24H25N5O2/c1-2-3-9-28-15-21-13-26-17-29(21)14-18-7-8-19(12-25)23(10-18)31-22-6-4-5-20(11-22)27-24(30)16-28/h4-8,10-11,13,17H,2-3,9,14-16H2,1H3,(H,27,30). The van der Waals surface area contributed by atoms with Crippen LogP contribution in [0.1, 0.15) is 36.6 Å². The van der Waals surface area contributed by atoms with Crippen molar-refractivity contribution in [2.45, 2.75) is 32.9 Å². The van der Waals surface area contributed by atoms with Crippen molar-refractivity contribution in [3.63, 3.8) is 0 Å². The van der Waals surface area contributed by atoms with E-state index in [1.165, 1.54) is 0 Å². The molecule has 0 unspecified atom stereocenters. The van der Waals surface area contributed by atoms with Crippen LogP contribution >= 0.6 is 0 Å². The van der Waals surface area contributed by atoms with Gasteiger partial charge in [0, 0.05) is 31.0 Å². The molecular formula is C24H25N5O2. The van der Waals surface area contributed by atoms with Gasteiger partial charge in [0.05, 0.1) is 24.1 Å². The number of ether oxygens (including phenoxy) is 1. The van der Waals surface area contributed by atoms with Gasteiger partial charge < -0.3 is 14.6 Å². The first-order chi connectivity index (χ1) is 15.1. The maximum atomic E-state index is 12.7. The summed E-state index contributed by atoms with van der Waals surface area (Å²) >= 11 is 0. The van der Waals surface area contributed by atoms with E-state index in [0.29, 0.717) is 42.4 Å². The number of nitrogens with one attached hydrogen (secondary N) is 1. The molecular weight excluding hydrogens is 390 g/mol. The summed E-state index contributed by atoms with van der Waals surface area (Å²) in [4.78, 5) is 19.2. The monoisotopic (exact) mass is 415 g/mol. The predicted molar refractivity (Wildman–Crippen MR) is 118 cm³/mol. The van der Waals surface area contributed by atoms with Crippen LogP contribution in [0.2, 0.25) is 0 Å². The second-order valence-electron chi connectivity index (χ2n) is 7.70. The third-order valence-electron chi connectivity index (χ3n) is 5.24. The Bertz CT molecular complexity index is 1120. The Kier molecular flexibility index (Phi) is 6.29. The highest BCUT2D eigenvalue weighted by atomic mass is 16.5. The fourth-order valence-corrected chi connectivity index (χ4v) is 3.65. The summed E-state index contributed by atoms with van der Waals surface area (Å²) in [6.07, 6.45) is 5.72. The Morgan fingerprint density at radius 3 is 2.94 bits per heavy atom. The van der Waals surface area contributed by atoms with Gasteiger partial charge in [-0.3, -0.25) is 9.69 Å². The molecule has 2 heterocycles. The minimum Gasteiger partial charge on any atom is -0.456 e. The molecule has 1 aliphatic rings. The predicted octanol–water partition coefficient (Wildman–Crippen LogP) is 4.15. The summed E-state index contributed by atoms with van der Waals surface area (Å²) in [7, 11) is 0. The van der Waals surface area contributed by atoms with Crippen LogP contribution in [-0.4, -0.2) is 33.4 Å². The number of nitriles is 1. The summed E-state index contributed by atoms with van der Waals surface area (Å²) in [6.45, 7) is 4.51. The number of nitrogens with zero attached hydrogens (tertiary/aromatic N) is 4. The Hall–Kier alpha value is -3.63. The first kappa shape index (κ1) is 20.6. The highest BCUT2D eigenvalue weighted by Gasteiger charge is 2.16. The summed E-state index contributed by atoms with van der Waals surface area (Å²) in [5, 5.41) is 12.5. The van der Waals surface area contributed by atoms with Crippen molar-refractivity contribution in [2.24, 2.45) is 0 Å². The van der Waals surface area contributed by atoms with E-state index in [-0.39, 0.29) is 5.91 Å². The van der Waals surface area contributed by atoms with E-state index in [1.54, 1.807) is 18.5 Å². The van der Waals surface area contributed by atoms with E-state index in [1.807, 2.05) is 36.5 Å². The van der Waals surface area contributed by atoms with Crippen LogP contribution in [-0.2, 0) is 17.9 Å². The topological polar surface area (TPSA) is 83.2 Å². The maximum Gasteiger partial charge on any atom is 0.238 e. The molecule has 0 radical (unpaired) electrons. The zero-order chi connectivity index (χ0) is 21.6. The molecule has 4 rings (SSSR count). The van der Waals surface area contributed by atoms with E-state index >= 15 is 0 Å². The molecule has 7 heteroatoms. The van der Waals surface area contributed by atoms with Gasteiger partial charge in [-0.1, -0.05) is 25.5 Å². The number of rotatable bonds is 3. The minimum absolute atomic E-state index is 0.0764. The quantitative estimate of drug-likeness (QED) is 0.695. The van der Waals surface area contributed by atoms with Crippen molar-refractivity contribution in [3.05, 3.63) is 71.8 Å². The van der Waals surface area contributed by atoms with Gasteiger partial charge in [0.1, 0.15) is 17.6 Å². The van der Waals surface area contributed by atoms with Crippen molar-refractivity contribution in [1.29, 1.82) is 5.26 Å². The second kappa shape index (κ2) is 9.45. The lowest BCUT2D eigenvalue weighted by atomic mass is 10.1. The zero-order valence-electron chi connectivity index (χ0n) is 17.5. The summed E-state index contributed by atoms with van der Waals surface area (Å²) in [5.74, 6) is 0.976. The lowest BCUT2D eigenvalue weighted by Gasteiger charge is -2.22. The summed E-state index contributed by atoms with van der Waals surface area (Å²) in [6, 6.07) is 15.0. The second-order valence-corrected chi connectivity index (χ2v) is 7.70. The molecule has 4 bridgehead atoms. The van der Waals surface area contributed by atoms with Crippen LogP contribution in [0.25, 0.3) is 0 Å². The normalized spacial score (nSPS) is 14.4. The van der Waals surface area contributed by atoms with Gasteiger partial charge in [0.15, 0.2) is 0 Å². The molecule has 0 fully saturated rings. The molecule has 2 aromatic carbocycles. The molecule has 0 spiro atoms. The van der Waals surface area contributed by atoms with Crippen LogP contribution < -0.4 is 10.1 Å². The average Bonchev–Trinajstić information content (AvgIpc) is 3.18. The molecule has 1 amide bonds. The highest BCUT2D eigenvalue weighted by molar-refractivity contribution is 5.92. The lowest BCUT2D eigenvalue weighted by Crippen LogP contribution is -2.34. The average molecular weight is 415 g/mol. The van der Waals surface area contributed by atoms with Crippen molar-refractivity contribution in [3.8, 4) is 17.6 Å². The number of amides is 1. The molecule has 0 atom stereocenters. The van der Waals surface area contributed by atoms with Gasteiger partial charge >= 0.3 is 0 Å². The number of hydrogen-bond acceptors (Lipinski definition) is 5. The van der Waals surface area contributed by atoms with E-state index in [0.717, 1.165) is 30.6 Å². The summed E-state index contributed by atoms with van der Waals surface area (Å²) < 4.78 is 8.10. The number of benzene rings is 2. The number of carbonyl (C=O) groups excluding carboxylic acids is 1. The third kappa shape index (κ3) is 5.11. The van der Waals surface area contributed by atoms with Crippen molar-refractivity contribution in [1.82, 2.24) is 14.5 Å². The molecule has 0 saturated carbocycles. The molecule has 31 heavy (non-hydrogen) atoms. The first-order valence-corrected chi connectivity index (χ1v) is 10.5. The summed E-state index contributed by atoms with van der Waals surface area (Å²) in [5.41, 5.74) is 3.16. The molecule has 0 saturated heterocycles. The van der Waals surface area contributed by atoms with Gasteiger partial charge in [-0.15, -0.1) is 0 Å². The van der Waals surface area contributed by atoms with Crippen LogP contribution in [0.4, 0.5) is 5.69 Å². The number of fused-ring (bicyclic) bond motifs is 5. The molecule has 158 valence electrons. The van der Waals surface area contributed by atoms with Gasteiger partial charge in [-0.2, -0.15) is 5.26 Å². The van der Waals surface area contributed by atoms with Crippen molar-refractivity contribution >= 4 is 11.6 Å². The van der Waals surface area contributed by atoms with Gasteiger partial charge in [-0.25, -0.2) is 4.98 Å². The number of carbonyl (C=O) groups is 1. The number of anilines is 1. The van der Waals surface area contributed by atoms with Gasteiger partial charge in [0.2, 0.25) is 5.91 Å². The first-order valence-electron chi connectivity index (χ1n) is 10.5. The molecule has 0 aliphatic carbocycles. The maximum absolute atomic E-state index is 12.7. The molecule has 1 N–H and O–H groups in total. The Labute approximate surface area is 181 Å². The Morgan fingerprint density at radius 2 is 2.10 bits per heavy atom. The van der Waals surface area contributed by atoms with E-state index < -0.39 is 0 Å². The van der Waals surface area contributed by atoms with Crippen LogP contribution in [0.5, 0.6) is 11.5 Å². The molecule has 1 aromatic heterocycles. The SMILES string of the molecule is CCCCN1CC(=O)Nc2cccc(c2)Oc2cc(ccc2C#N)Cn2cncc2C1. The smallest absolute Gasteiger partial charge is 0.238 e. The van der Waals surface area contributed by atoms with Gasteiger partial charge in [0.25, 0.3) is 0 Å². The number of hydrogen-bond donors (Lipinski definition) is 1. The van der Waals surface area contributed by atoms with E-state index in [9.17, 15) is 10.1 Å². The Balaban J connectivity index is 1.74. The van der Waals surface area contributed by atoms with Crippen LogP contribution in [0.15, 0.2) is 55.0 Å². The number of aromatic nitrogens is 2. The van der Waals surface area contributed by atoms with Crippen molar-refractivity contribution in [2.75, 3.05) is 18.4 Å². The lowest BCUT2D eigenvalue weighted by molar-refractivity contribution is -0.117. The number of imidazole rings is 1. The van der Waals surface area contributed by atoms with Crippen LogP contribution in [0, 0.1) is 11.3 Å². The van der Waals surface area contributed by atoms with E-state index in [2.05, 4.69) is 32.8 Å². The highest BCUT2D eigenvalue weighted by Crippen LogP contribution is 2.28. The number of unbranched alkanes of at least 4 members (excludes halogenated alkanes) is 1. The van der Waals surface area contributed by atoms with Gasteiger partial charge in [-0.05, 0) is 42.8 Å². The molecule has 3 aromatic rings. The zero-order valence-corrected chi connectivity index (χ0v) is 17.5. The fourth-order valence-electron chi connectivity index (χ4n) is 3.65. The molecule has 7 nitrogen and oxygen atoms in total. The fraction of sp³-hybridized carbons (Fsp3) is 0.292.